The van der Waals surface area contributed by atoms with Crippen LogP contribution in [0.3, 0.4) is 0 Å². The number of carbonyl (C=O) groups excluding carboxylic acids is 4. The summed E-state index contributed by atoms with van der Waals surface area (Å²) in [7, 11) is 1.27. The Hall–Kier alpha value is -2.90. The molecule has 4 amide bonds. The Morgan fingerprint density at radius 1 is 1.32 bits per heavy atom. The van der Waals surface area contributed by atoms with E-state index in [1.165, 1.54) is 13.2 Å². The molecule has 0 saturated carbocycles. The predicted octanol–water partition coefficient (Wildman–Crippen LogP) is 1.44. The number of urea groups is 1. The van der Waals surface area contributed by atoms with Gasteiger partial charge in [0.1, 0.15) is 12.1 Å². The third-order valence-electron chi connectivity index (χ3n) is 4.29. The Morgan fingerprint density at radius 3 is 2.56 bits per heavy atom. The van der Waals surface area contributed by atoms with Crippen LogP contribution in [0.4, 0.5) is 10.5 Å². The molecule has 8 nitrogen and oxygen atoms in total. The minimum absolute atomic E-state index is 0.289. The molecule has 25 heavy (non-hydrogen) atoms. The highest BCUT2D eigenvalue weighted by Gasteiger charge is 2.46. The van der Waals surface area contributed by atoms with Crippen LogP contribution in [0.15, 0.2) is 18.2 Å². The average molecular weight is 347 g/mol. The maximum absolute atomic E-state index is 12.3. The summed E-state index contributed by atoms with van der Waals surface area (Å²) in [5.74, 6) is -1.49. The summed E-state index contributed by atoms with van der Waals surface area (Å²) in [6, 6.07) is 4.15. The molecule has 134 valence electrons. The van der Waals surface area contributed by atoms with Crippen molar-refractivity contribution < 1.29 is 23.9 Å². The van der Waals surface area contributed by atoms with Crippen LogP contribution in [-0.4, -0.2) is 47.9 Å². The number of benzene rings is 1. The van der Waals surface area contributed by atoms with Crippen LogP contribution in [0.25, 0.3) is 0 Å². The minimum Gasteiger partial charge on any atom is -0.465 e. The Kier molecular flexibility index (Phi) is 5.10. The van der Waals surface area contributed by atoms with Crippen LogP contribution in [0.5, 0.6) is 0 Å². The number of hydrogen-bond donors (Lipinski definition) is 2. The monoisotopic (exact) mass is 347 g/mol. The highest BCUT2D eigenvalue weighted by molar-refractivity contribution is 6.10. The molecule has 2 N–H and O–H groups in total. The van der Waals surface area contributed by atoms with Gasteiger partial charge in [-0.15, -0.1) is 0 Å². The van der Waals surface area contributed by atoms with Crippen molar-refractivity contribution in [3.63, 3.8) is 0 Å². The highest BCUT2D eigenvalue weighted by Crippen LogP contribution is 2.21. The number of aryl methyl sites for hydroxylation is 1. The van der Waals surface area contributed by atoms with Gasteiger partial charge in [0, 0.05) is 5.69 Å². The minimum atomic E-state index is -0.988. The van der Waals surface area contributed by atoms with Crippen molar-refractivity contribution >= 4 is 29.5 Å². The van der Waals surface area contributed by atoms with Gasteiger partial charge in [-0.25, -0.2) is 9.59 Å². The largest absolute Gasteiger partial charge is 0.465 e. The Labute approximate surface area is 145 Å². The second-order valence-corrected chi connectivity index (χ2v) is 6.08. The van der Waals surface area contributed by atoms with Crippen LogP contribution in [0.1, 0.15) is 36.2 Å². The molecule has 1 heterocycles. The zero-order chi connectivity index (χ0) is 18.8. The fourth-order valence-electron chi connectivity index (χ4n) is 2.47. The van der Waals surface area contributed by atoms with Gasteiger partial charge in [-0.3, -0.25) is 14.5 Å². The number of nitrogens with one attached hydrogen (secondary N) is 2. The standard InChI is InChI=1S/C17H21N3O5/c1-5-17(3)15(23)20(16(24)19-17)9-13(21)18-12-8-11(14(22)25-4)7-6-10(12)2/h6-8H,5,9H2,1-4H3,(H,18,21)(H,19,24)/t17-/m1/s1. The second-order valence-electron chi connectivity index (χ2n) is 6.08. The maximum atomic E-state index is 12.3. The molecule has 0 aromatic heterocycles. The molecule has 0 aliphatic carbocycles. The van der Waals surface area contributed by atoms with Crippen LogP contribution in [-0.2, 0) is 14.3 Å². The SMILES string of the molecule is CC[C@@]1(C)NC(=O)N(CC(=O)Nc2cc(C(=O)OC)ccc2C)C1=O. The lowest BCUT2D eigenvalue weighted by molar-refractivity contribution is -0.133. The van der Waals surface area contributed by atoms with E-state index in [0.717, 1.165) is 10.5 Å². The number of nitrogens with zero attached hydrogens (tertiary/aromatic N) is 1. The van der Waals surface area contributed by atoms with E-state index in [0.29, 0.717) is 12.1 Å². The molecule has 1 aromatic carbocycles. The maximum Gasteiger partial charge on any atom is 0.337 e. The molecule has 0 bridgehead atoms. The summed E-state index contributed by atoms with van der Waals surface area (Å²) in [6.07, 6.45) is 0.427. The van der Waals surface area contributed by atoms with E-state index in [2.05, 4.69) is 15.4 Å². The summed E-state index contributed by atoms with van der Waals surface area (Å²) >= 11 is 0. The molecule has 1 saturated heterocycles. The zero-order valence-corrected chi connectivity index (χ0v) is 14.6. The van der Waals surface area contributed by atoms with Crippen LogP contribution in [0, 0.1) is 6.92 Å². The molecule has 1 aliphatic heterocycles. The number of carbonyl (C=O) groups is 4. The van der Waals surface area contributed by atoms with Crippen molar-refractivity contribution in [2.24, 2.45) is 0 Å². The van der Waals surface area contributed by atoms with Gasteiger partial charge in [-0.05, 0) is 38.0 Å². The van der Waals surface area contributed by atoms with E-state index < -0.39 is 35.9 Å². The number of imide groups is 1. The van der Waals surface area contributed by atoms with Crippen molar-refractivity contribution in [3.8, 4) is 0 Å². The van der Waals surface area contributed by atoms with Gasteiger partial charge in [0.15, 0.2) is 0 Å². The summed E-state index contributed by atoms with van der Waals surface area (Å²) in [5.41, 5.74) is 0.449. The molecule has 1 fully saturated rings. The number of amides is 4. The van der Waals surface area contributed by atoms with Gasteiger partial charge in [-0.1, -0.05) is 13.0 Å². The molecule has 0 radical (unpaired) electrons. The number of anilines is 1. The van der Waals surface area contributed by atoms with Crippen molar-refractivity contribution in [3.05, 3.63) is 29.3 Å². The number of methoxy groups -OCH3 is 1. The lowest BCUT2D eigenvalue weighted by atomic mass is 9.99. The molecule has 0 spiro atoms. The Morgan fingerprint density at radius 2 is 2.00 bits per heavy atom. The molecule has 1 atom stereocenters. The van der Waals surface area contributed by atoms with Crippen molar-refractivity contribution in [1.82, 2.24) is 10.2 Å². The number of esters is 1. The molecule has 8 heteroatoms. The molecule has 0 unspecified atom stereocenters. The number of hydrogen-bond acceptors (Lipinski definition) is 5. The van der Waals surface area contributed by atoms with E-state index >= 15 is 0 Å². The van der Waals surface area contributed by atoms with Gasteiger partial charge >= 0.3 is 12.0 Å². The zero-order valence-electron chi connectivity index (χ0n) is 14.6. The Bertz CT molecular complexity index is 746. The number of ether oxygens (including phenoxy) is 1. The highest BCUT2D eigenvalue weighted by atomic mass is 16.5. The quantitative estimate of drug-likeness (QED) is 0.619. The van der Waals surface area contributed by atoms with Crippen LogP contribution >= 0.6 is 0 Å². The van der Waals surface area contributed by atoms with Gasteiger partial charge in [-0.2, -0.15) is 0 Å². The molecule has 1 aliphatic rings. The summed E-state index contributed by atoms with van der Waals surface area (Å²) < 4.78 is 4.65. The van der Waals surface area contributed by atoms with Gasteiger partial charge in [0.2, 0.25) is 5.91 Å². The smallest absolute Gasteiger partial charge is 0.337 e. The topological polar surface area (TPSA) is 105 Å². The van der Waals surface area contributed by atoms with Crippen molar-refractivity contribution in [2.75, 3.05) is 19.0 Å². The van der Waals surface area contributed by atoms with E-state index in [-0.39, 0.29) is 5.56 Å². The third-order valence-corrected chi connectivity index (χ3v) is 4.29. The molecular formula is C17H21N3O5. The van der Waals surface area contributed by atoms with Crippen LogP contribution < -0.4 is 10.6 Å². The lowest BCUT2D eigenvalue weighted by Gasteiger charge is -2.19. The fourth-order valence-corrected chi connectivity index (χ4v) is 2.47. The number of rotatable bonds is 5. The normalized spacial score (nSPS) is 19.6. The first-order valence-corrected chi connectivity index (χ1v) is 7.84. The first-order chi connectivity index (χ1) is 11.7. The van der Waals surface area contributed by atoms with Gasteiger partial charge < -0.3 is 15.4 Å². The van der Waals surface area contributed by atoms with Crippen LogP contribution in [0.2, 0.25) is 0 Å². The third kappa shape index (κ3) is 3.62. The molecular weight excluding hydrogens is 326 g/mol. The lowest BCUT2D eigenvalue weighted by Crippen LogP contribution is -2.44. The van der Waals surface area contributed by atoms with Crippen molar-refractivity contribution in [2.45, 2.75) is 32.7 Å². The Balaban J connectivity index is 2.12. The predicted molar refractivity (Wildman–Crippen MR) is 90.1 cm³/mol. The van der Waals surface area contributed by atoms with Crippen molar-refractivity contribution in [1.29, 1.82) is 0 Å². The van der Waals surface area contributed by atoms with Gasteiger partial charge in [0.05, 0.1) is 12.7 Å². The van der Waals surface area contributed by atoms with E-state index in [9.17, 15) is 19.2 Å². The summed E-state index contributed by atoms with van der Waals surface area (Å²) in [6.45, 7) is 4.76. The van der Waals surface area contributed by atoms with E-state index in [1.54, 1.807) is 32.9 Å². The first kappa shape index (κ1) is 18.4. The summed E-state index contributed by atoms with van der Waals surface area (Å²) in [4.78, 5) is 49.0. The summed E-state index contributed by atoms with van der Waals surface area (Å²) in [5, 5.41) is 5.21. The fraction of sp³-hybridized carbons (Fsp3) is 0.412. The van der Waals surface area contributed by atoms with E-state index in [4.69, 9.17) is 0 Å². The first-order valence-electron chi connectivity index (χ1n) is 7.84. The molecule has 2 rings (SSSR count). The second kappa shape index (κ2) is 6.92. The average Bonchev–Trinajstić information content (AvgIpc) is 2.80. The van der Waals surface area contributed by atoms with Gasteiger partial charge in [0.25, 0.3) is 5.91 Å². The molecule has 1 aromatic rings. The van der Waals surface area contributed by atoms with E-state index in [1.807, 2.05) is 0 Å².